The van der Waals surface area contributed by atoms with Gasteiger partial charge in [-0.15, -0.1) is 6.58 Å². The minimum Gasteiger partial charge on any atom is -0.353 e. The van der Waals surface area contributed by atoms with Gasteiger partial charge in [0, 0.05) is 5.92 Å². The molecule has 0 saturated carbocycles. The molecule has 1 heterocycles. The third-order valence-electron chi connectivity index (χ3n) is 2.45. The highest BCUT2D eigenvalue weighted by Gasteiger charge is 2.25. The zero-order chi connectivity index (χ0) is 11.8. The van der Waals surface area contributed by atoms with Crippen LogP contribution in [0.15, 0.2) is 12.2 Å². The van der Waals surface area contributed by atoms with E-state index in [-0.39, 0.29) is 6.29 Å². The smallest absolute Gasteiger partial charge is 0.155 e. The molecular weight excluding hydrogens is 188 g/mol. The molecule has 2 nitrogen and oxygen atoms in total. The maximum absolute atomic E-state index is 5.69. The SMILES string of the molecule is C=C(C)CC[C@H]1OC(C)OCC1C.CC. The predicted molar refractivity (Wildman–Crippen MR) is 64.8 cm³/mol. The highest BCUT2D eigenvalue weighted by Crippen LogP contribution is 2.22. The van der Waals surface area contributed by atoms with E-state index in [0.29, 0.717) is 12.0 Å². The largest absolute Gasteiger partial charge is 0.353 e. The van der Waals surface area contributed by atoms with Crippen LogP contribution in [0.1, 0.15) is 47.5 Å². The van der Waals surface area contributed by atoms with E-state index in [0.717, 1.165) is 19.4 Å². The molecule has 0 aromatic carbocycles. The van der Waals surface area contributed by atoms with E-state index in [4.69, 9.17) is 9.47 Å². The summed E-state index contributed by atoms with van der Waals surface area (Å²) in [4.78, 5) is 0. The van der Waals surface area contributed by atoms with Crippen molar-refractivity contribution in [1.82, 2.24) is 0 Å². The van der Waals surface area contributed by atoms with Gasteiger partial charge in [0.1, 0.15) is 0 Å². The molecule has 0 aromatic heterocycles. The van der Waals surface area contributed by atoms with Crippen LogP contribution in [0.25, 0.3) is 0 Å². The van der Waals surface area contributed by atoms with Crippen molar-refractivity contribution >= 4 is 0 Å². The van der Waals surface area contributed by atoms with Crippen molar-refractivity contribution in [2.75, 3.05) is 6.61 Å². The molecule has 0 aliphatic carbocycles. The number of rotatable bonds is 3. The first-order chi connectivity index (χ1) is 7.09. The Morgan fingerprint density at radius 3 is 2.47 bits per heavy atom. The fraction of sp³-hybridized carbons (Fsp3) is 0.846. The Balaban J connectivity index is 0.000000921. The average Bonchev–Trinajstić information content (AvgIpc) is 2.22. The monoisotopic (exact) mass is 214 g/mol. The Kier molecular flexibility index (Phi) is 7.71. The first kappa shape index (κ1) is 14.7. The van der Waals surface area contributed by atoms with Crippen molar-refractivity contribution in [3.8, 4) is 0 Å². The second-order valence-corrected chi connectivity index (χ2v) is 4.05. The minimum absolute atomic E-state index is 0.0358. The third-order valence-corrected chi connectivity index (χ3v) is 2.45. The lowest BCUT2D eigenvalue weighted by Crippen LogP contribution is -2.37. The molecule has 0 aromatic rings. The molecule has 1 saturated heterocycles. The number of hydrogen-bond acceptors (Lipinski definition) is 2. The second-order valence-electron chi connectivity index (χ2n) is 4.05. The molecule has 0 spiro atoms. The molecule has 1 rings (SSSR count). The van der Waals surface area contributed by atoms with Crippen LogP contribution >= 0.6 is 0 Å². The summed E-state index contributed by atoms with van der Waals surface area (Å²) in [7, 11) is 0. The van der Waals surface area contributed by atoms with Crippen molar-refractivity contribution in [3.63, 3.8) is 0 Å². The molecule has 3 atom stereocenters. The lowest BCUT2D eigenvalue weighted by molar-refractivity contribution is -0.225. The zero-order valence-corrected chi connectivity index (χ0v) is 10.9. The summed E-state index contributed by atoms with van der Waals surface area (Å²) in [6, 6.07) is 0. The molecule has 2 heteroatoms. The molecule has 2 unspecified atom stereocenters. The van der Waals surface area contributed by atoms with Crippen LogP contribution in [-0.2, 0) is 9.47 Å². The maximum atomic E-state index is 5.69. The Morgan fingerprint density at radius 1 is 1.33 bits per heavy atom. The van der Waals surface area contributed by atoms with E-state index in [2.05, 4.69) is 20.4 Å². The molecule has 15 heavy (non-hydrogen) atoms. The van der Waals surface area contributed by atoms with Crippen LogP contribution in [-0.4, -0.2) is 19.0 Å². The topological polar surface area (TPSA) is 18.5 Å². The van der Waals surface area contributed by atoms with Gasteiger partial charge >= 0.3 is 0 Å². The Morgan fingerprint density at radius 2 is 1.93 bits per heavy atom. The number of ether oxygens (including phenoxy) is 2. The summed E-state index contributed by atoms with van der Waals surface area (Å²) in [6.07, 6.45) is 2.44. The van der Waals surface area contributed by atoms with Crippen molar-refractivity contribution in [3.05, 3.63) is 12.2 Å². The summed E-state index contributed by atoms with van der Waals surface area (Å²) in [5.41, 5.74) is 1.23. The molecule has 1 fully saturated rings. The zero-order valence-electron chi connectivity index (χ0n) is 10.9. The summed E-state index contributed by atoms with van der Waals surface area (Å²) >= 11 is 0. The molecular formula is C13H26O2. The quantitative estimate of drug-likeness (QED) is 0.666. The highest BCUT2D eigenvalue weighted by atomic mass is 16.7. The van der Waals surface area contributed by atoms with E-state index in [1.807, 2.05) is 20.8 Å². The summed E-state index contributed by atoms with van der Waals surface area (Å²) in [6.45, 7) is 14.9. The summed E-state index contributed by atoms with van der Waals surface area (Å²) in [5.74, 6) is 0.510. The lowest BCUT2D eigenvalue weighted by Gasteiger charge is -2.33. The fourth-order valence-corrected chi connectivity index (χ4v) is 1.56. The minimum atomic E-state index is -0.0358. The molecule has 0 N–H and O–H groups in total. The van der Waals surface area contributed by atoms with Gasteiger partial charge < -0.3 is 9.47 Å². The molecule has 0 radical (unpaired) electrons. The van der Waals surface area contributed by atoms with Gasteiger partial charge in [0.2, 0.25) is 0 Å². The fourth-order valence-electron chi connectivity index (χ4n) is 1.56. The summed E-state index contributed by atoms with van der Waals surface area (Å²) < 4.78 is 11.1. The van der Waals surface area contributed by atoms with E-state index in [9.17, 15) is 0 Å². The first-order valence-electron chi connectivity index (χ1n) is 6.01. The lowest BCUT2D eigenvalue weighted by atomic mass is 9.98. The van der Waals surface area contributed by atoms with Crippen LogP contribution in [0.3, 0.4) is 0 Å². The van der Waals surface area contributed by atoms with E-state index in [1.54, 1.807) is 0 Å². The molecule has 1 aliphatic heterocycles. The van der Waals surface area contributed by atoms with Crippen molar-refractivity contribution in [2.45, 2.75) is 59.9 Å². The van der Waals surface area contributed by atoms with Gasteiger partial charge in [-0.3, -0.25) is 0 Å². The van der Waals surface area contributed by atoms with Gasteiger partial charge in [-0.2, -0.15) is 0 Å². The van der Waals surface area contributed by atoms with Gasteiger partial charge in [0.25, 0.3) is 0 Å². The number of allylic oxidation sites excluding steroid dienone is 1. The maximum Gasteiger partial charge on any atom is 0.155 e. The predicted octanol–water partition coefficient (Wildman–Crippen LogP) is 3.77. The van der Waals surface area contributed by atoms with Gasteiger partial charge in [0.05, 0.1) is 12.7 Å². The average molecular weight is 214 g/mol. The van der Waals surface area contributed by atoms with E-state index < -0.39 is 0 Å². The third kappa shape index (κ3) is 5.95. The number of hydrogen-bond donors (Lipinski definition) is 0. The normalized spacial score (nSPS) is 30.3. The molecule has 0 amide bonds. The van der Waals surface area contributed by atoms with Gasteiger partial charge in [-0.1, -0.05) is 26.3 Å². The molecule has 90 valence electrons. The van der Waals surface area contributed by atoms with Crippen LogP contribution in [0.2, 0.25) is 0 Å². The molecule has 1 aliphatic rings. The van der Waals surface area contributed by atoms with Crippen LogP contribution in [0, 0.1) is 5.92 Å². The van der Waals surface area contributed by atoms with Gasteiger partial charge in [-0.05, 0) is 26.7 Å². The molecule has 0 bridgehead atoms. The van der Waals surface area contributed by atoms with Crippen molar-refractivity contribution in [1.29, 1.82) is 0 Å². The van der Waals surface area contributed by atoms with E-state index >= 15 is 0 Å². The standard InChI is InChI=1S/C11H20O2.C2H6/c1-8(2)5-6-11-9(3)7-12-10(4)13-11;1-2/h9-11H,1,5-7H2,2-4H3;1-2H3/t9?,10?,11-;/m1./s1. The van der Waals surface area contributed by atoms with Crippen molar-refractivity contribution < 1.29 is 9.47 Å². The first-order valence-corrected chi connectivity index (χ1v) is 6.01. The highest BCUT2D eigenvalue weighted by molar-refractivity contribution is 4.89. The van der Waals surface area contributed by atoms with E-state index in [1.165, 1.54) is 5.57 Å². The summed E-state index contributed by atoms with van der Waals surface area (Å²) in [5, 5.41) is 0. The second kappa shape index (κ2) is 7.89. The van der Waals surface area contributed by atoms with Crippen LogP contribution in [0.4, 0.5) is 0 Å². The Labute approximate surface area is 94.7 Å². The van der Waals surface area contributed by atoms with Crippen LogP contribution in [0.5, 0.6) is 0 Å². The van der Waals surface area contributed by atoms with Gasteiger partial charge in [0.15, 0.2) is 6.29 Å². The Bertz CT molecular complexity index is 177. The van der Waals surface area contributed by atoms with Crippen molar-refractivity contribution in [2.24, 2.45) is 5.92 Å². The van der Waals surface area contributed by atoms with Gasteiger partial charge in [-0.25, -0.2) is 0 Å². The Hall–Kier alpha value is -0.340. The van der Waals surface area contributed by atoms with Crippen LogP contribution < -0.4 is 0 Å².